The molecule has 0 unspecified atom stereocenters. The molecule has 1 aliphatic carbocycles. The number of halogens is 3. The van der Waals surface area contributed by atoms with Crippen LogP contribution in [0.15, 0.2) is 42.7 Å². The van der Waals surface area contributed by atoms with Crippen molar-refractivity contribution < 1.29 is 32.2 Å². The van der Waals surface area contributed by atoms with E-state index < -0.39 is 17.7 Å². The maximum absolute atomic E-state index is 13.0. The van der Waals surface area contributed by atoms with Crippen molar-refractivity contribution >= 4 is 5.97 Å². The minimum atomic E-state index is -4.44. The molecule has 0 atom stereocenters. The van der Waals surface area contributed by atoms with Crippen LogP contribution in [-0.2, 0) is 17.4 Å². The zero-order valence-corrected chi connectivity index (χ0v) is 21.6. The van der Waals surface area contributed by atoms with Crippen LogP contribution >= 0.6 is 0 Å². The summed E-state index contributed by atoms with van der Waals surface area (Å²) in [5.74, 6) is 1.37. The monoisotopic (exact) mass is 531 g/mol. The predicted molar refractivity (Wildman–Crippen MR) is 135 cm³/mol. The second kappa shape index (κ2) is 12.3. The number of aromatic nitrogens is 3. The van der Waals surface area contributed by atoms with E-state index in [0.29, 0.717) is 55.0 Å². The van der Waals surface area contributed by atoms with Gasteiger partial charge in [-0.25, -0.2) is 9.67 Å². The third kappa shape index (κ3) is 6.85. The lowest BCUT2D eigenvalue weighted by atomic mass is 9.85. The molecule has 0 saturated heterocycles. The van der Waals surface area contributed by atoms with Gasteiger partial charge < -0.3 is 14.2 Å². The first-order valence-electron chi connectivity index (χ1n) is 13.0. The van der Waals surface area contributed by atoms with Crippen LogP contribution in [0.5, 0.6) is 17.2 Å². The highest BCUT2D eigenvalue weighted by Gasteiger charge is 2.31. The molecule has 0 N–H and O–H groups in total. The van der Waals surface area contributed by atoms with Crippen LogP contribution in [0.25, 0.3) is 5.82 Å². The number of hydrogen-bond acceptors (Lipinski definition) is 6. The van der Waals surface area contributed by atoms with Crippen molar-refractivity contribution in [3.8, 4) is 23.1 Å². The van der Waals surface area contributed by atoms with E-state index in [2.05, 4.69) is 4.98 Å². The molecule has 4 rings (SSSR count). The largest absolute Gasteiger partial charge is 0.490 e. The Morgan fingerprint density at radius 1 is 1.08 bits per heavy atom. The maximum atomic E-state index is 13.0. The number of benzene rings is 1. The molecule has 0 radical (unpaired) electrons. The van der Waals surface area contributed by atoms with Crippen molar-refractivity contribution in [1.29, 1.82) is 0 Å². The first-order valence-corrected chi connectivity index (χ1v) is 13.0. The number of esters is 1. The second-order valence-corrected chi connectivity index (χ2v) is 9.28. The molecule has 1 fully saturated rings. The summed E-state index contributed by atoms with van der Waals surface area (Å²) in [7, 11) is 0. The number of ether oxygens (including phenoxy) is 3. The molecule has 7 nitrogen and oxygen atoms in total. The number of aryl methyl sites for hydroxylation is 1. The van der Waals surface area contributed by atoms with Gasteiger partial charge in [0.2, 0.25) is 5.75 Å². The summed E-state index contributed by atoms with van der Waals surface area (Å²) >= 11 is 0. The fourth-order valence-electron chi connectivity index (χ4n) is 4.72. The molecule has 0 spiro atoms. The number of carbonyl (C=O) groups excluding carboxylic acids is 1. The van der Waals surface area contributed by atoms with Crippen LogP contribution in [0.2, 0.25) is 0 Å². The Balaban J connectivity index is 1.50. The highest BCUT2D eigenvalue weighted by molar-refractivity contribution is 5.71. The van der Waals surface area contributed by atoms with Gasteiger partial charge in [-0.15, -0.1) is 0 Å². The van der Waals surface area contributed by atoms with E-state index in [1.54, 1.807) is 22.9 Å². The van der Waals surface area contributed by atoms with Crippen LogP contribution in [0.4, 0.5) is 13.2 Å². The molecule has 1 aromatic carbocycles. The highest BCUT2D eigenvalue weighted by atomic mass is 19.4. The molecule has 38 heavy (non-hydrogen) atoms. The first kappa shape index (κ1) is 27.5. The average molecular weight is 532 g/mol. The summed E-state index contributed by atoms with van der Waals surface area (Å²) in [4.78, 5) is 15.5. The van der Waals surface area contributed by atoms with Crippen LogP contribution in [0.1, 0.15) is 75.1 Å². The lowest BCUT2D eigenvalue weighted by molar-refractivity contribution is -0.138. The molecule has 1 aliphatic rings. The molecule has 2 heterocycles. The quantitative estimate of drug-likeness (QED) is 0.165. The maximum Gasteiger partial charge on any atom is 0.417 e. The topological polar surface area (TPSA) is 75.5 Å². The van der Waals surface area contributed by atoms with Gasteiger partial charge in [0, 0.05) is 25.2 Å². The summed E-state index contributed by atoms with van der Waals surface area (Å²) in [6.07, 6.45) is 5.09. The van der Waals surface area contributed by atoms with E-state index in [1.807, 2.05) is 13.1 Å². The molecule has 3 aromatic rings. The molecule has 204 valence electrons. The normalized spacial score (nSPS) is 14.3. The summed E-state index contributed by atoms with van der Waals surface area (Å²) in [6, 6.07) is 7.51. The lowest BCUT2D eigenvalue weighted by Gasteiger charge is -2.21. The van der Waals surface area contributed by atoms with Crippen LogP contribution in [-0.4, -0.2) is 33.9 Å². The molecule has 1 saturated carbocycles. The van der Waals surface area contributed by atoms with Crippen molar-refractivity contribution in [2.24, 2.45) is 0 Å². The number of hydrogen-bond donors (Lipinski definition) is 0. The van der Waals surface area contributed by atoms with Gasteiger partial charge in [-0.2, -0.15) is 18.3 Å². The van der Waals surface area contributed by atoms with E-state index in [1.165, 1.54) is 19.4 Å². The number of para-hydroxylation sites is 1. The second-order valence-electron chi connectivity index (χ2n) is 9.28. The fraction of sp³-hybridized carbons (Fsp3) is 0.464. The van der Waals surface area contributed by atoms with Gasteiger partial charge in [-0.05, 0) is 62.4 Å². The molecule has 0 bridgehead atoms. The number of carbonyl (C=O) groups is 1. The summed E-state index contributed by atoms with van der Waals surface area (Å²) in [5.41, 5.74) is 1.21. The minimum absolute atomic E-state index is 0.299. The standard InChI is InChI=1S/C28H32F3N3O4/c1-3-36-23-12-7-13-24(38-19(2)35)27(23)37-16-8-11-21-18-34(33-26(21)20-9-5-4-6-10-20)25-15-14-22(17-32-25)28(29,30)31/h7,12-15,17-18,20H,3-6,8-11,16H2,1-2H3. The van der Waals surface area contributed by atoms with E-state index in [4.69, 9.17) is 19.3 Å². The molecule has 10 heteroatoms. The third-order valence-electron chi connectivity index (χ3n) is 6.46. The Morgan fingerprint density at radius 3 is 2.50 bits per heavy atom. The van der Waals surface area contributed by atoms with Gasteiger partial charge >= 0.3 is 12.1 Å². The molecule has 2 aromatic heterocycles. The number of pyridine rings is 1. The first-order chi connectivity index (χ1) is 18.3. The van der Waals surface area contributed by atoms with Crippen LogP contribution in [0.3, 0.4) is 0 Å². The van der Waals surface area contributed by atoms with Crippen molar-refractivity contribution in [2.45, 2.75) is 70.9 Å². The van der Waals surface area contributed by atoms with Gasteiger partial charge in [0.25, 0.3) is 0 Å². The van der Waals surface area contributed by atoms with E-state index in [0.717, 1.165) is 49.2 Å². The van der Waals surface area contributed by atoms with Gasteiger partial charge in [0.15, 0.2) is 17.3 Å². The molecule has 0 amide bonds. The van der Waals surface area contributed by atoms with Crippen molar-refractivity contribution in [2.75, 3.05) is 13.2 Å². The number of alkyl halides is 3. The van der Waals surface area contributed by atoms with Crippen molar-refractivity contribution in [3.63, 3.8) is 0 Å². The zero-order valence-electron chi connectivity index (χ0n) is 21.6. The van der Waals surface area contributed by atoms with Gasteiger partial charge in [-0.1, -0.05) is 25.3 Å². The van der Waals surface area contributed by atoms with Gasteiger partial charge in [-0.3, -0.25) is 4.79 Å². The number of rotatable bonds is 10. The van der Waals surface area contributed by atoms with Crippen LogP contribution in [0, 0.1) is 0 Å². The minimum Gasteiger partial charge on any atom is -0.490 e. The van der Waals surface area contributed by atoms with E-state index >= 15 is 0 Å². The Bertz CT molecular complexity index is 1220. The summed E-state index contributed by atoms with van der Waals surface area (Å²) < 4.78 is 57.5. The smallest absolute Gasteiger partial charge is 0.417 e. The summed E-state index contributed by atoms with van der Waals surface area (Å²) in [6.45, 7) is 3.96. The third-order valence-corrected chi connectivity index (χ3v) is 6.46. The van der Waals surface area contributed by atoms with E-state index in [-0.39, 0.29) is 0 Å². The Labute approximate surface area is 219 Å². The Hall–Kier alpha value is -3.56. The van der Waals surface area contributed by atoms with Crippen molar-refractivity contribution in [1.82, 2.24) is 14.8 Å². The van der Waals surface area contributed by atoms with Gasteiger partial charge in [0.1, 0.15) is 0 Å². The fourth-order valence-corrected chi connectivity index (χ4v) is 4.72. The lowest BCUT2D eigenvalue weighted by Crippen LogP contribution is -2.10. The predicted octanol–water partition coefficient (Wildman–Crippen LogP) is 6.67. The molecular formula is C28H32F3N3O4. The Morgan fingerprint density at radius 2 is 1.84 bits per heavy atom. The summed E-state index contributed by atoms with van der Waals surface area (Å²) in [5, 5.41) is 4.77. The molecular weight excluding hydrogens is 499 g/mol. The Kier molecular flexibility index (Phi) is 8.91. The van der Waals surface area contributed by atoms with Gasteiger partial charge in [0.05, 0.1) is 24.5 Å². The SMILES string of the molecule is CCOc1cccc(OC(C)=O)c1OCCCc1cn(-c2ccc(C(F)(F)F)cn2)nc1C1CCCCC1. The zero-order chi connectivity index (χ0) is 27.1. The average Bonchev–Trinajstić information content (AvgIpc) is 3.32. The number of nitrogens with zero attached hydrogens (tertiary/aromatic N) is 3. The van der Waals surface area contributed by atoms with E-state index in [9.17, 15) is 18.0 Å². The molecule has 0 aliphatic heterocycles. The highest BCUT2D eigenvalue weighted by Crippen LogP contribution is 2.38. The van der Waals surface area contributed by atoms with Crippen LogP contribution < -0.4 is 14.2 Å². The van der Waals surface area contributed by atoms with Crippen molar-refractivity contribution in [3.05, 3.63) is 59.5 Å².